The lowest BCUT2D eigenvalue weighted by molar-refractivity contribution is -0.146. The van der Waals surface area contributed by atoms with Crippen molar-refractivity contribution >= 4 is 11.8 Å². The van der Waals surface area contributed by atoms with E-state index < -0.39 is 12.2 Å². The molecule has 19 heavy (non-hydrogen) atoms. The van der Waals surface area contributed by atoms with E-state index in [-0.39, 0.29) is 16.9 Å². The Hall–Kier alpha value is 0.230. The van der Waals surface area contributed by atoms with Crippen LogP contribution in [0.4, 0.5) is 0 Å². The summed E-state index contributed by atoms with van der Waals surface area (Å²) in [5.74, 6) is 2.49. The van der Waals surface area contributed by atoms with E-state index in [1.54, 1.807) is 0 Å². The quantitative estimate of drug-likeness (QED) is 0.819. The molecule has 0 aromatic carbocycles. The average molecular weight is 288 g/mol. The van der Waals surface area contributed by atoms with Gasteiger partial charge >= 0.3 is 0 Å². The first-order valence-corrected chi connectivity index (χ1v) is 8.57. The molecule has 2 aliphatic heterocycles. The van der Waals surface area contributed by atoms with Crippen molar-refractivity contribution in [2.24, 2.45) is 11.3 Å². The first-order valence-electron chi connectivity index (χ1n) is 7.42. The van der Waals surface area contributed by atoms with E-state index in [1.807, 2.05) is 32.5 Å². The van der Waals surface area contributed by atoms with Crippen LogP contribution in [-0.4, -0.2) is 46.1 Å². The summed E-state index contributed by atoms with van der Waals surface area (Å²) < 4.78 is 6.05. The second-order valence-corrected chi connectivity index (χ2v) is 8.42. The van der Waals surface area contributed by atoms with Crippen molar-refractivity contribution in [1.29, 1.82) is 0 Å². The highest BCUT2D eigenvalue weighted by Gasteiger charge is 2.43. The van der Waals surface area contributed by atoms with Crippen LogP contribution in [0.1, 0.15) is 46.5 Å². The fourth-order valence-corrected chi connectivity index (χ4v) is 4.46. The van der Waals surface area contributed by atoms with Crippen LogP contribution in [0, 0.1) is 11.3 Å². The molecule has 3 unspecified atom stereocenters. The SMILES string of the molecule is CC(C)(C)C(O)C(O)C1CCOC2(CCSCC2)C1. The molecule has 0 aromatic heterocycles. The Balaban J connectivity index is 2.00. The predicted molar refractivity (Wildman–Crippen MR) is 79.4 cm³/mol. The van der Waals surface area contributed by atoms with Gasteiger partial charge in [0, 0.05) is 6.61 Å². The fourth-order valence-electron chi connectivity index (χ4n) is 3.22. The predicted octanol–water partition coefficient (Wildman–Crippen LogP) is 2.45. The summed E-state index contributed by atoms with van der Waals surface area (Å²) in [4.78, 5) is 0. The van der Waals surface area contributed by atoms with Crippen molar-refractivity contribution < 1.29 is 14.9 Å². The molecule has 0 bridgehead atoms. The summed E-state index contributed by atoms with van der Waals surface area (Å²) in [5, 5.41) is 20.8. The van der Waals surface area contributed by atoms with Gasteiger partial charge in [0.2, 0.25) is 0 Å². The first kappa shape index (κ1) is 15.6. The maximum absolute atomic E-state index is 10.5. The van der Waals surface area contributed by atoms with Crippen LogP contribution in [0.25, 0.3) is 0 Å². The van der Waals surface area contributed by atoms with Crippen LogP contribution >= 0.6 is 11.8 Å². The highest BCUT2D eigenvalue weighted by atomic mass is 32.2. The second kappa shape index (κ2) is 5.92. The Kier molecular flexibility index (Phi) is 4.87. The summed E-state index contributed by atoms with van der Waals surface area (Å²) >= 11 is 1.99. The van der Waals surface area contributed by atoms with Gasteiger partial charge in [0.15, 0.2) is 0 Å². The van der Waals surface area contributed by atoms with Gasteiger partial charge in [0.25, 0.3) is 0 Å². The van der Waals surface area contributed by atoms with Gasteiger partial charge in [0.05, 0.1) is 17.8 Å². The Morgan fingerprint density at radius 1 is 1.21 bits per heavy atom. The van der Waals surface area contributed by atoms with Crippen molar-refractivity contribution in [3.63, 3.8) is 0 Å². The van der Waals surface area contributed by atoms with E-state index in [1.165, 1.54) is 0 Å². The number of ether oxygens (including phenoxy) is 1. The van der Waals surface area contributed by atoms with E-state index in [4.69, 9.17) is 4.74 Å². The molecule has 2 rings (SSSR count). The minimum atomic E-state index is -0.661. The van der Waals surface area contributed by atoms with Crippen LogP contribution < -0.4 is 0 Å². The average Bonchev–Trinajstić information content (AvgIpc) is 2.37. The first-order chi connectivity index (χ1) is 8.84. The van der Waals surface area contributed by atoms with E-state index in [0.29, 0.717) is 0 Å². The zero-order valence-corrected chi connectivity index (χ0v) is 13.2. The van der Waals surface area contributed by atoms with Crippen molar-refractivity contribution in [2.75, 3.05) is 18.1 Å². The third-order valence-electron chi connectivity index (χ3n) is 4.63. The molecule has 2 heterocycles. The van der Waals surface area contributed by atoms with Gasteiger partial charge in [-0.15, -0.1) is 0 Å². The van der Waals surface area contributed by atoms with Crippen LogP contribution in [-0.2, 0) is 4.74 Å². The molecule has 1 spiro atoms. The molecule has 0 aliphatic carbocycles. The number of rotatable bonds is 2. The Morgan fingerprint density at radius 2 is 1.84 bits per heavy atom. The molecular weight excluding hydrogens is 260 g/mol. The Bertz CT molecular complexity index is 289. The molecule has 0 radical (unpaired) electrons. The summed E-state index contributed by atoms with van der Waals surface area (Å²) in [6, 6.07) is 0. The summed E-state index contributed by atoms with van der Waals surface area (Å²) in [7, 11) is 0. The highest BCUT2D eigenvalue weighted by molar-refractivity contribution is 7.99. The van der Waals surface area contributed by atoms with Crippen LogP contribution in [0.3, 0.4) is 0 Å². The maximum atomic E-state index is 10.5. The van der Waals surface area contributed by atoms with Crippen molar-refractivity contribution in [1.82, 2.24) is 0 Å². The molecule has 2 saturated heterocycles. The third-order valence-corrected chi connectivity index (χ3v) is 5.61. The molecule has 2 aliphatic rings. The number of aliphatic hydroxyl groups excluding tert-OH is 2. The number of thioether (sulfide) groups is 1. The Labute approximate surface area is 121 Å². The fraction of sp³-hybridized carbons (Fsp3) is 1.00. The monoisotopic (exact) mass is 288 g/mol. The lowest BCUT2D eigenvalue weighted by Crippen LogP contribution is -2.50. The topological polar surface area (TPSA) is 49.7 Å². The van der Waals surface area contributed by atoms with E-state index in [2.05, 4.69) is 0 Å². The van der Waals surface area contributed by atoms with Crippen molar-refractivity contribution in [3.8, 4) is 0 Å². The molecule has 0 aromatic rings. The lowest BCUT2D eigenvalue weighted by atomic mass is 9.74. The largest absolute Gasteiger partial charge is 0.390 e. The minimum Gasteiger partial charge on any atom is -0.390 e. The van der Waals surface area contributed by atoms with Crippen LogP contribution in [0.5, 0.6) is 0 Å². The molecule has 112 valence electrons. The van der Waals surface area contributed by atoms with Crippen LogP contribution in [0.2, 0.25) is 0 Å². The van der Waals surface area contributed by atoms with E-state index in [0.717, 1.165) is 43.8 Å². The van der Waals surface area contributed by atoms with Crippen LogP contribution in [0.15, 0.2) is 0 Å². The standard InChI is InChI=1S/C15H28O3S/c1-14(2,3)13(17)12(16)11-4-7-18-15(10-11)5-8-19-9-6-15/h11-13,16-17H,4-10H2,1-3H3. The van der Waals surface area contributed by atoms with E-state index >= 15 is 0 Å². The zero-order chi connectivity index (χ0) is 14.1. The van der Waals surface area contributed by atoms with Gasteiger partial charge in [-0.25, -0.2) is 0 Å². The maximum Gasteiger partial charge on any atom is 0.0849 e. The smallest absolute Gasteiger partial charge is 0.0849 e. The van der Waals surface area contributed by atoms with Crippen molar-refractivity contribution in [3.05, 3.63) is 0 Å². The molecule has 2 N–H and O–H groups in total. The molecular formula is C15H28O3S. The molecule has 0 amide bonds. The number of hydrogen-bond donors (Lipinski definition) is 2. The lowest BCUT2D eigenvalue weighted by Gasteiger charge is -2.46. The van der Waals surface area contributed by atoms with Gasteiger partial charge < -0.3 is 14.9 Å². The van der Waals surface area contributed by atoms with Gasteiger partial charge in [-0.05, 0) is 48.5 Å². The van der Waals surface area contributed by atoms with Gasteiger partial charge in [-0.2, -0.15) is 11.8 Å². The highest BCUT2D eigenvalue weighted by Crippen LogP contribution is 2.42. The zero-order valence-electron chi connectivity index (χ0n) is 12.4. The summed E-state index contributed by atoms with van der Waals surface area (Å²) in [6.07, 6.45) is 2.66. The third kappa shape index (κ3) is 3.66. The minimum absolute atomic E-state index is 0.0211. The second-order valence-electron chi connectivity index (χ2n) is 7.20. The molecule has 4 heteroatoms. The molecule has 0 saturated carbocycles. The molecule has 2 fully saturated rings. The molecule has 3 nitrogen and oxygen atoms in total. The Morgan fingerprint density at radius 3 is 2.42 bits per heavy atom. The van der Waals surface area contributed by atoms with Gasteiger partial charge in [-0.1, -0.05) is 20.8 Å². The van der Waals surface area contributed by atoms with Gasteiger partial charge in [-0.3, -0.25) is 0 Å². The summed E-state index contributed by atoms with van der Waals surface area (Å²) in [5.41, 5.74) is -0.292. The van der Waals surface area contributed by atoms with Gasteiger partial charge in [0.1, 0.15) is 0 Å². The summed E-state index contributed by atoms with van der Waals surface area (Å²) in [6.45, 7) is 6.66. The number of aliphatic hydroxyl groups is 2. The van der Waals surface area contributed by atoms with Crippen molar-refractivity contribution in [2.45, 2.75) is 64.3 Å². The number of hydrogen-bond acceptors (Lipinski definition) is 4. The van der Waals surface area contributed by atoms with E-state index in [9.17, 15) is 10.2 Å². The molecule has 3 atom stereocenters. The normalized spacial score (nSPS) is 31.1.